The molecule has 1 amide bonds. The second-order valence-electron chi connectivity index (χ2n) is 5.65. The van der Waals surface area contributed by atoms with Gasteiger partial charge in [-0.25, -0.2) is 0 Å². The molecule has 1 saturated heterocycles. The average molecular weight is 346 g/mol. The van der Waals surface area contributed by atoms with Crippen molar-refractivity contribution in [3.63, 3.8) is 0 Å². The van der Waals surface area contributed by atoms with E-state index >= 15 is 0 Å². The van der Waals surface area contributed by atoms with Gasteiger partial charge in [-0.15, -0.1) is 0 Å². The normalized spacial score (nSPS) is 15.3. The summed E-state index contributed by atoms with van der Waals surface area (Å²) in [5, 5.41) is 0.705. The zero-order valence-electron chi connectivity index (χ0n) is 13.4. The van der Waals surface area contributed by atoms with Gasteiger partial charge in [-0.3, -0.25) is 14.7 Å². The number of pyridine rings is 1. The van der Waals surface area contributed by atoms with Gasteiger partial charge in [-0.1, -0.05) is 17.7 Å². The maximum absolute atomic E-state index is 12.3. The molecular weight excluding hydrogens is 326 g/mol. The molecule has 0 unspecified atom stereocenters. The van der Waals surface area contributed by atoms with Crippen LogP contribution < -0.4 is 4.74 Å². The number of carbonyl (C=O) groups is 1. The number of piperazine rings is 1. The van der Waals surface area contributed by atoms with Gasteiger partial charge in [0, 0.05) is 43.9 Å². The molecule has 24 heavy (non-hydrogen) atoms. The summed E-state index contributed by atoms with van der Waals surface area (Å²) < 4.78 is 5.72. The van der Waals surface area contributed by atoms with Gasteiger partial charge < -0.3 is 9.64 Å². The molecule has 6 heteroatoms. The summed E-state index contributed by atoms with van der Waals surface area (Å²) in [5.74, 6) is 0.830. The summed E-state index contributed by atoms with van der Waals surface area (Å²) >= 11 is 5.85. The lowest BCUT2D eigenvalue weighted by Crippen LogP contribution is -2.49. The van der Waals surface area contributed by atoms with E-state index in [0.717, 1.165) is 38.5 Å². The predicted octanol–water partition coefficient (Wildman–Crippen LogP) is 2.57. The predicted molar refractivity (Wildman–Crippen MR) is 93.5 cm³/mol. The minimum absolute atomic E-state index is 0.00710. The molecule has 1 aromatic heterocycles. The molecule has 2 aromatic rings. The van der Waals surface area contributed by atoms with Gasteiger partial charge in [0.15, 0.2) is 0 Å². The molecule has 0 radical (unpaired) electrons. The van der Waals surface area contributed by atoms with Crippen LogP contribution in [0.3, 0.4) is 0 Å². The Bertz CT molecular complexity index is 656. The number of amides is 1. The van der Waals surface area contributed by atoms with Crippen molar-refractivity contribution >= 4 is 17.5 Å². The van der Waals surface area contributed by atoms with E-state index in [1.165, 1.54) is 0 Å². The van der Waals surface area contributed by atoms with Crippen molar-refractivity contribution in [1.29, 1.82) is 0 Å². The van der Waals surface area contributed by atoms with Crippen LogP contribution in [-0.2, 0) is 0 Å². The first kappa shape index (κ1) is 16.7. The van der Waals surface area contributed by atoms with Crippen LogP contribution >= 0.6 is 11.6 Å². The zero-order valence-corrected chi connectivity index (χ0v) is 14.2. The van der Waals surface area contributed by atoms with Crippen LogP contribution in [0.1, 0.15) is 10.5 Å². The quantitative estimate of drug-likeness (QED) is 0.835. The van der Waals surface area contributed by atoms with Crippen molar-refractivity contribution in [2.75, 3.05) is 39.3 Å². The third-order valence-corrected chi connectivity index (χ3v) is 4.29. The van der Waals surface area contributed by atoms with E-state index in [2.05, 4.69) is 9.88 Å². The van der Waals surface area contributed by atoms with Crippen LogP contribution in [0.25, 0.3) is 0 Å². The minimum Gasteiger partial charge on any atom is -0.492 e. The summed E-state index contributed by atoms with van der Waals surface area (Å²) in [6.45, 7) is 4.60. The molecule has 3 rings (SSSR count). The van der Waals surface area contributed by atoms with Crippen LogP contribution in [0.5, 0.6) is 5.75 Å². The molecule has 0 aliphatic carbocycles. The maximum atomic E-state index is 12.3. The third-order valence-electron chi connectivity index (χ3n) is 4.03. The topological polar surface area (TPSA) is 45.7 Å². The van der Waals surface area contributed by atoms with E-state index in [-0.39, 0.29) is 5.91 Å². The fourth-order valence-corrected chi connectivity index (χ4v) is 2.78. The number of ether oxygens (including phenoxy) is 1. The summed E-state index contributed by atoms with van der Waals surface area (Å²) in [6.07, 6.45) is 1.65. The Morgan fingerprint density at radius 3 is 2.50 bits per heavy atom. The molecule has 1 aromatic carbocycles. The Kier molecular flexibility index (Phi) is 5.67. The van der Waals surface area contributed by atoms with Gasteiger partial charge in [0.25, 0.3) is 5.91 Å². The Morgan fingerprint density at radius 1 is 1.08 bits per heavy atom. The summed E-state index contributed by atoms with van der Waals surface area (Å²) in [5.41, 5.74) is 0.511. The Balaban J connectivity index is 1.40. The first-order valence-electron chi connectivity index (χ1n) is 8.03. The Morgan fingerprint density at radius 2 is 1.83 bits per heavy atom. The number of carbonyl (C=O) groups excluding carboxylic acids is 1. The highest BCUT2D eigenvalue weighted by atomic mass is 35.5. The van der Waals surface area contributed by atoms with Crippen molar-refractivity contribution < 1.29 is 9.53 Å². The first-order chi connectivity index (χ1) is 11.7. The molecule has 0 N–H and O–H groups in total. The highest BCUT2D eigenvalue weighted by Crippen LogP contribution is 2.15. The molecule has 0 atom stereocenters. The van der Waals surface area contributed by atoms with E-state index in [1.807, 2.05) is 41.3 Å². The number of halogens is 1. The molecular formula is C18H20ClN3O2. The largest absolute Gasteiger partial charge is 0.492 e. The summed E-state index contributed by atoms with van der Waals surface area (Å²) in [7, 11) is 0. The molecule has 5 nitrogen and oxygen atoms in total. The molecule has 0 saturated carbocycles. The zero-order chi connectivity index (χ0) is 16.8. The summed E-state index contributed by atoms with van der Waals surface area (Å²) in [6, 6.07) is 12.8. The summed E-state index contributed by atoms with van der Waals surface area (Å²) in [4.78, 5) is 20.6. The average Bonchev–Trinajstić information content (AvgIpc) is 2.64. The lowest BCUT2D eigenvalue weighted by Gasteiger charge is -2.34. The van der Waals surface area contributed by atoms with Gasteiger partial charge in [0.2, 0.25) is 0 Å². The first-order valence-corrected chi connectivity index (χ1v) is 8.41. The number of rotatable bonds is 5. The highest BCUT2D eigenvalue weighted by molar-refractivity contribution is 6.30. The van der Waals surface area contributed by atoms with E-state index in [1.54, 1.807) is 12.3 Å². The fraction of sp³-hybridized carbons (Fsp3) is 0.333. The number of nitrogens with zero attached hydrogens (tertiary/aromatic N) is 3. The lowest BCUT2D eigenvalue weighted by atomic mass is 10.2. The second-order valence-corrected chi connectivity index (χ2v) is 6.09. The van der Waals surface area contributed by atoms with Crippen LogP contribution in [0.2, 0.25) is 5.02 Å². The Labute approximate surface area is 146 Å². The van der Waals surface area contributed by atoms with E-state index < -0.39 is 0 Å². The highest BCUT2D eigenvalue weighted by Gasteiger charge is 2.22. The molecule has 0 bridgehead atoms. The van der Waals surface area contributed by atoms with Crippen molar-refractivity contribution in [2.45, 2.75) is 0 Å². The number of hydrogen-bond donors (Lipinski definition) is 0. The second kappa shape index (κ2) is 8.13. The van der Waals surface area contributed by atoms with Gasteiger partial charge >= 0.3 is 0 Å². The SMILES string of the molecule is O=C(c1ccccn1)N1CCN(CCOc2ccc(Cl)cc2)CC1. The standard InChI is InChI=1S/C18H20ClN3O2/c19-15-4-6-16(7-5-15)24-14-13-21-9-11-22(12-10-21)18(23)17-3-1-2-8-20-17/h1-8H,9-14H2. The number of benzene rings is 1. The monoisotopic (exact) mass is 345 g/mol. The van der Waals surface area contributed by atoms with Crippen molar-refractivity contribution in [1.82, 2.24) is 14.8 Å². The Hall–Kier alpha value is -2.11. The van der Waals surface area contributed by atoms with Gasteiger partial charge in [0.1, 0.15) is 18.1 Å². The molecule has 1 fully saturated rings. The smallest absolute Gasteiger partial charge is 0.272 e. The van der Waals surface area contributed by atoms with Crippen LogP contribution in [0.4, 0.5) is 0 Å². The van der Waals surface area contributed by atoms with Gasteiger partial charge in [0.05, 0.1) is 0 Å². The lowest BCUT2D eigenvalue weighted by molar-refractivity contribution is 0.0614. The van der Waals surface area contributed by atoms with Gasteiger partial charge in [-0.2, -0.15) is 0 Å². The number of aromatic nitrogens is 1. The molecule has 0 spiro atoms. The van der Waals surface area contributed by atoms with E-state index in [9.17, 15) is 4.79 Å². The number of hydrogen-bond acceptors (Lipinski definition) is 4. The van der Waals surface area contributed by atoms with Crippen molar-refractivity contribution in [2.24, 2.45) is 0 Å². The van der Waals surface area contributed by atoms with Crippen molar-refractivity contribution in [3.05, 3.63) is 59.4 Å². The van der Waals surface area contributed by atoms with Crippen LogP contribution in [0, 0.1) is 0 Å². The van der Waals surface area contributed by atoms with Crippen molar-refractivity contribution in [3.8, 4) is 5.75 Å². The fourth-order valence-electron chi connectivity index (χ4n) is 2.65. The van der Waals surface area contributed by atoms with E-state index in [0.29, 0.717) is 17.3 Å². The molecule has 1 aliphatic heterocycles. The van der Waals surface area contributed by atoms with E-state index in [4.69, 9.17) is 16.3 Å². The molecule has 1 aliphatic rings. The van der Waals surface area contributed by atoms with Crippen LogP contribution in [-0.4, -0.2) is 60.0 Å². The van der Waals surface area contributed by atoms with Crippen LogP contribution in [0.15, 0.2) is 48.7 Å². The molecule has 126 valence electrons. The minimum atomic E-state index is 0.00710. The maximum Gasteiger partial charge on any atom is 0.272 e. The van der Waals surface area contributed by atoms with Gasteiger partial charge in [-0.05, 0) is 36.4 Å². The third kappa shape index (κ3) is 4.46. The molecule has 2 heterocycles.